The average molecular weight is 491 g/mol. The summed E-state index contributed by atoms with van der Waals surface area (Å²) in [5.74, 6) is -3.12. The van der Waals surface area contributed by atoms with E-state index in [-0.39, 0.29) is 30.9 Å². The van der Waals surface area contributed by atoms with Crippen molar-refractivity contribution in [1.29, 1.82) is 0 Å². The number of hydrogen-bond acceptors (Lipinski definition) is 4. The maximum Gasteiger partial charge on any atom is 0.326 e. The summed E-state index contributed by atoms with van der Waals surface area (Å²) in [7, 11) is 0. The Labute approximate surface area is 202 Å². The second-order valence-corrected chi connectivity index (χ2v) is 8.92. The molecule has 0 fully saturated rings. The Kier molecular flexibility index (Phi) is 9.20. The Morgan fingerprint density at radius 3 is 2.12 bits per heavy atom. The van der Waals surface area contributed by atoms with E-state index in [0.29, 0.717) is 10.6 Å². The van der Waals surface area contributed by atoms with E-state index < -0.39 is 35.3 Å². The lowest BCUT2D eigenvalue weighted by molar-refractivity contribution is -0.140. The molecule has 0 saturated heterocycles. The van der Waals surface area contributed by atoms with E-state index in [9.17, 15) is 23.9 Å². The highest BCUT2D eigenvalue weighted by molar-refractivity contribution is 6.30. The molecule has 9 heteroatoms. The smallest absolute Gasteiger partial charge is 0.326 e. The van der Waals surface area contributed by atoms with Crippen LogP contribution in [0.3, 0.4) is 0 Å². The molecule has 0 radical (unpaired) electrons. The van der Waals surface area contributed by atoms with Crippen LogP contribution in [0.1, 0.15) is 37.8 Å². The summed E-state index contributed by atoms with van der Waals surface area (Å²) in [6.07, 6.45) is -0.313. The standard InChI is InChI=1S/C25H28ClFN2O5/c1-15(28-20(23(32)33)12-13-22(30)31)21(14-16-4-10-19(27)11-5-16)29-24(34)25(2,3)17-6-8-18(26)9-7-17/h4-11,20-21,28H,1,12-14H2,2-3H3,(H,29,34)(H,30,31)(H,32,33)/t20-,21+/m1/s1. The van der Waals surface area contributed by atoms with Gasteiger partial charge in [0.05, 0.1) is 11.5 Å². The van der Waals surface area contributed by atoms with Gasteiger partial charge in [0.1, 0.15) is 11.9 Å². The number of hydrogen-bond donors (Lipinski definition) is 4. The first-order valence-corrected chi connectivity index (χ1v) is 11.0. The summed E-state index contributed by atoms with van der Waals surface area (Å²) >= 11 is 5.96. The largest absolute Gasteiger partial charge is 0.481 e. The van der Waals surface area contributed by atoms with Gasteiger partial charge in [0, 0.05) is 17.1 Å². The van der Waals surface area contributed by atoms with Gasteiger partial charge < -0.3 is 20.8 Å². The highest BCUT2D eigenvalue weighted by Gasteiger charge is 2.32. The third-order valence-electron chi connectivity index (χ3n) is 5.52. The molecule has 2 aromatic carbocycles. The van der Waals surface area contributed by atoms with E-state index in [4.69, 9.17) is 16.7 Å². The Balaban J connectivity index is 2.27. The number of halogens is 2. The van der Waals surface area contributed by atoms with Crippen molar-refractivity contribution in [3.05, 3.63) is 82.8 Å². The average Bonchev–Trinajstić information content (AvgIpc) is 2.77. The molecular weight excluding hydrogens is 463 g/mol. The number of benzene rings is 2. The first-order valence-electron chi connectivity index (χ1n) is 10.6. The van der Waals surface area contributed by atoms with Crippen LogP contribution >= 0.6 is 11.6 Å². The number of rotatable bonds is 12. The molecule has 34 heavy (non-hydrogen) atoms. The number of carbonyl (C=O) groups excluding carboxylic acids is 1. The molecule has 0 aliphatic heterocycles. The summed E-state index contributed by atoms with van der Waals surface area (Å²) in [6, 6.07) is 10.6. The Morgan fingerprint density at radius 2 is 1.59 bits per heavy atom. The zero-order chi connectivity index (χ0) is 25.5. The van der Waals surface area contributed by atoms with Gasteiger partial charge in [-0.25, -0.2) is 9.18 Å². The quantitative estimate of drug-likeness (QED) is 0.358. The number of carbonyl (C=O) groups is 3. The number of amides is 1. The molecule has 0 saturated carbocycles. The fourth-order valence-corrected chi connectivity index (χ4v) is 3.43. The molecule has 2 aromatic rings. The topological polar surface area (TPSA) is 116 Å². The minimum atomic E-state index is -1.24. The van der Waals surface area contributed by atoms with Gasteiger partial charge in [0.2, 0.25) is 5.91 Å². The molecule has 2 rings (SSSR count). The third-order valence-corrected chi connectivity index (χ3v) is 5.77. The van der Waals surface area contributed by atoms with Gasteiger partial charge in [-0.2, -0.15) is 0 Å². The third kappa shape index (κ3) is 7.59. The van der Waals surface area contributed by atoms with Crippen molar-refractivity contribution < 1.29 is 29.0 Å². The SMILES string of the molecule is C=C(N[C@H](CCC(=O)O)C(=O)O)[C@H](Cc1ccc(F)cc1)NC(=O)C(C)(C)c1ccc(Cl)cc1. The van der Waals surface area contributed by atoms with Gasteiger partial charge in [-0.3, -0.25) is 9.59 Å². The van der Waals surface area contributed by atoms with Crippen LogP contribution in [0.4, 0.5) is 4.39 Å². The monoisotopic (exact) mass is 490 g/mol. The summed E-state index contributed by atoms with van der Waals surface area (Å²) in [5, 5.41) is 24.6. The zero-order valence-corrected chi connectivity index (χ0v) is 19.7. The molecule has 0 unspecified atom stereocenters. The van der Waals surface area contributed by atoms with Crippen molar-refractivity contribution in [1.82, 2.24) is 10.6 Å². The molecular formula is C25H28ClFN2O5. The van der Waals surface area contributed by atoms with E-state index >= 15 is 0 Å². The van der Waals surface area contributed by atoms with Crippen LogP contribution in [-0.2, 0) is 26.2 Å². The van der Waals surface area contributed by atoms with Crippen LogP contribution in [0.5, 0.6) is 0 Å². The second-order valence-electron chi connectivity index (χ2n) is 8.48. The fraction of sp³-hybridized carbons (Fsp3) is 0.320. The maximum atomic E-state index is 13.4. The molecule has 1 amide bonds. The van der Waals surface area contributed by atoms with Crippen molar-refractivity contribution in [3.8, 4) is 0 Å². The lowest BCUT2D eigenvalue weighted by Crippen LogP contribution is -2.50. The van der Waals surface area contributed by atoms with Crippen molar-refractivity contribution >= 4 is 29.4 Å². The number of carboxylic acids is 2. The molecule has 0 aromatic heterocycles. The van der Waals surface area contributed by atoms with Gasteiger partial charge in [-0.1, -0.05) is 42.4 Å². The highest BCUT2D eigenvalue weighted by Crippen LogP contribution is 2.25. The van der Waals surface area contributed by atoms with Gasteiger partial charge in [-0.15, -0.1) is 0 Å². The van der Waals surface area contributed by atoms with Crippen LogP contribution in [0.25, 0.3) is 0 Å². The lowest BCUT2D eigenvalue weighted by atomic mass is 9.83. The highest BCUT2D eigenvalue weighted by atomic mass is 35.5. The summed E-state index contributed by atoms with van der Waals surface area (Å²) < 4.78 is 13.4. The van der Waals surface area contributed by atoms with E-state index in [1.807, 2.05) is 0 Å². The second kappa shape index (κ2) is 11.7. The number of nitrogens with one attached hydrogen (secondary N) is 2. The van der Waals surface area contributed by atoms with E-state index in [1.54, 1.807) is 50.2 Å². The Hall–Kier alpha value is -3.39. The van der Waals surface area contributed by atoms with E-state index in [0.717, 1.165) is 5.56 Å². The normalized spacial score (nSPS) is 12.9. The summed E-state index contributed by atoms with van der Waals surface area (Å²) in [5.41, 5.74) is 0.652. The summed E-state index contributed by atoms with van der Waals surface area (Å²) in [6.45, 7) is 7.39. The van der Waals surface area contributed by atoms with Crippen molar-refractivity contribution in [3.63, 3.8) is 0 Å². The first kappa shape index (κ1) is 26.9. The Morgan fingerprint density at radius 1 is 1.00 bits per heavy atom. The number of carboxylic acid groups (broad SMARTS) is 2. The minimum Gasteiger partial charge on any atom is -0.481 e. The van der Waals surface area contributed by atoms with Crippen LogP contribution in [0, 0.1) is 5.82 Å². The van der Waals surface area contributed by atoms with Crippen molar-refractivity contribution in [2.45, 2.75) is 50.6 Å². The molecule has 182 valence electrons. The summed E-state index contributed by atoms with van der Waals surface area (Å²) in [4.78, 5) is 35.8. The van der Waals surface area contributed by atoms with Crippen LogP contribution in [0.15, 0.2) is 60.8 Å². The molecule has 0 bridgehead atoms. The van der Waals surface area contributed by atoms with Crippen molar-refractivity contribution in [2.24, 2.45) is 0 Å². The van der Waals surface area contributed by atoms with Gasteiger partial charge >= 0.3 is 11.9 Å². The molecule has 0 heterocycles. The van der Waals surface area contributed by atoms with Crippen LogP contribution in [-0.4, -0.2) is 40.1 Å². The zero-order valence-electron chi connectivity index (χ0n) is 19.0. The molecule has 4 N–H and O–H groups in total. The van der Waals surface area contributed by atoms with Crippen LogP contribution < -0.4 is 10.6 Å². The van der Waals surface area contributed by atoms with Gasteiger partial charge in [0.25, 0.3) is 0 Å². The predicted octanol–water partition coefficient (Wildman–Crippen LogP) is 3.91. The Bertz CT molecular complexity index is 1040. The lowest BCUT2D eigenvalue weighted by Gasteiger charge is -2.30. The van der Waals surface area contributed by atoms with Gasteiger partial charge in [0.15, 0.2) is 0 Å². The molecule has 0 aliphatic rings. The van der Waals surface area contributed by atoms with Crippen molar-refractivity contribution in [2.75, 3.05) is 0 Å². The molecule has 7 nitrogen and oxygen atoms in total. The molecule has 2 atom stereocenters. The van der Waals surface area contributed by atoms with Gasteiger partial charge in [-0.05, 0) is 62.1 Å². The number of aliphatic carboxylic acids is 2. The first-order chi connectivity index (χ1) is 15.9. The van der Waals surface area contributed by atoms with Crippen LogP contribution in [0.2, 0.25) is 5.02 Å². The molecule has 0 aliphatic carbocycles. The van der Waals surface area contributed by atoms with E-state index in [1.165, 1.54) is 12.1 Å². The minimum absolute atomic E-state index is 0.169. The predicted molar refractivity (Wildman–Crippen MR) is 127 cm³/mol. The van der Waals surface area contributed by atoms with E-state index in [2.05, 4.69) is 17.2 Å². The fourth-order valence-electron chi connectivity index (χ4n) is 3.30. The molecule has 0 spiro atoms. The maximum absolute atomic E-state index is 13.4.